The number of ether oxygens (including phenoxy) is 2. The van der Waals surface area contributed by atoms with Gasteiger partial charge in [0.15, 0.2) is 0 Å². The predicted molar refractivity (Wildman–Crippen MR) is 122 cm³/mol. The molecule has 2 heterocycles. The van der Waals surface area contributed by atoms with Crippen LogP contribution in [-0.4, -0.2) is 53.9 Å². The van der Waals surface area contributed by atoms with E-state index in [0.717, 1.165) is 4.90 Å². The van der Waals surface area contributed by atoms with E-state index in [-0.39, 0.29) is 29.0 Å². The highest BCUT2D eigenvalue weighted by molar-refractivity contribution is 6.22. The molecule has 0 aromatic heterocycles. The van der Waals surface area contributed by atoms with E-state index in [1.165, 1.54) is 19.1 Å². The minimum atomic E-state index is -1.23. The third-order valence-electron chi connectivity index (χ3n) is 5.69. The highest BCUT2D eigenvalue weighted by Gasteiger charge is 2.41. The molecule has 4 amide bonds. The Labute approximate surface area is 200 Å². The maximum atomic E-state index is 12.8. The highest BCUT2D eigenvalue weighted by Crippen LogP contribution is 2.28. The lowest BCUT2D eigenvalue weighted by Gasteiger charge is -2.29. The molecule has 0 saturated heterocycles. The molecule has 2 aliphatic rings. The summed E-state index contributed by atoms with van der Waals surface area (Å²) in [5.74, 6) is -2.76. The summed E-state index contributed by atoms with van der Waals surface area (Å²) < 4.78 is 10.5. The number of benzene rings is 2. The molecule has 4 rings (SSSR count). The highest BCUT2D eigenvalue weighted by atomic mass is 16.5. The van der Waals surface area contributed by atoms with E-state index in [1.54, 1.807) is 49.4 Å². The number of fused-ring (bicyclic) bond motifs is 1. The molecule has 0 fully saturated rings. The molecule has 2 aliphatic heterocycles. The molecule has 10 nitrogen and oxygen atoms in total. The molecule has 2 N–H and O–H groups in total. The number of hydrogen-bond acceptors (Lipinski definition) is 7. The van der Waals surface area contributed by atoms with Crippen LogP contribution in [0.2, 0.25) is 0 Å². The van der Waals surface area contributed by atoms with Crippen molar-refractivity contribution in [3.63, 3.8) is 0 Å². The lowest BCUT2D eigenvalue weighted by atomic mass is 9.95. The predicted octanol–water partition coefficient (Wildman–Crippen LogP) is 2.09. The zero-order valence-electron chi connectivity index (χ0n) is 19.1. The van der Waals surface area contributed by atoms with Crippen LogP contribution in [0.15, 0.2) is 65.9 Å². The number of carbonyl (C=O) groups is 5. The summed E-state index contributed by atoms with van der Waals surface area (Å²) in [5, 5.41) is 5.19. The maximum absolute atomic E-state index is 12.8. The van der Waals surface area contributed by atoms with Gasteiger partial charge in [0.25, 0.3) is 11.8 Å². The summed E-state index contributed by atoms with van der Waals surface area (Å²) in [6.45, 7) is 2.64. The third-order valence-corrected chi connectivity index (χ3v) is 5.69. The Bertz CT molecular complexity index is 1200. The normalized spacial score (nSPS) is 17.9. The Balaban J connectivity index is 1.57. The quantitative estimate of drug-likeness (QED) is 0.461. The van der Waals surface area contributed by atoms with Gasteiger partial charge in [0.2, 0.25) is 0 Å². The minimum absolute atomic E-state index is 0.0453. The number of rotatable bonds is 7. The van der Waals surface area contributed by atoms with Crippen molar-refractivity contribution in [2.45, 2.75) is 25.9 Å². The van der Waals surface area contributed by atoms with Gasteiger partial charge in [-0.25, -0.2) is 14.4 Å². The lowest BCUT2D eigenvalue weighted by Crippen LogP contribution is -2.48. The average Bonchev–Trinajstić information content (AvgIpc) is 3.12. The van der Waals surface area contributed by atoms with Crippen LogP contribution in [0.3, 0.4) is 0 Å². The summed E-state index contributed by atoms with van der Waals surface area (Å²) in [7, 11) is 0. The standard InChI is InChI=1S/C25H23N3O7/c1-3-34-24(32)19-18(26-25(33)27-20(19)15-9-5-4-6-10-15)13-35-23(31)14(2)28-21(29)16-11-7-8-12-17(16)22(28)30/h4-12,14,20H,3,13H2,1-2H3,(H2,26,27,33)/t14-,20-/m1/s1. The van der Waals surface area contributed by atoms with Crippen LogP contribution in [0.5, 0.6) is 0 Å². The van der Waals surface area contributed by atoms with Crippen molar-refractivity contribution in [1.29, 1.82) is 0 Å². The second-order valence-corrected chi connectivity index (χ2v) is 7.86. The van der Waals surface area contributed by atoms with Crippen molar-refractivity contribution in [2.24, 2.45) is 0 Å². The number of amides is 4. The van der Waals surface area contributed by atoms with E-state index in [1.807, 2.05) is 0 Å². The lowest BCUT2D eigenvalue weighted by molar-refractivity contribution is -0.147. The molecule has 0 spiro atoms. The first kappa shape index (κ1) is 23.7. The second kappa shape index (κ2) is 9.80. The van der Waals surface area contributed by atoms with Crippen molar-refractivity contribution in [1.82, 2.24) is 15.5 Å². The molecule has 10 heteroatoms. The Morgan fingerprint density at radius 3 is 2.14 bits per heavy atom. The molecule has 0 saturated carbocycles. The number of esters is 2. The van der Waals surface area contributed by atoms with Crippen LogP contribution >= 0.6 is 0 Å². The van der Waals surface area contributed by atoms with Gasteiger partial charge in [-0.15, -0.1) is 0 Å². The molecule has 0 radical (unpaired) electrons. The summed E-state index contributed by atoms with van der Waals surface area (Å²) in [4.78, 5) is 64.1. The smallest absolute Gasteiger partial charge is 0.338 e. The fraction of sp³-hybridized carbons (Fsp3) is 0.240. The van der Waals surface area contributed by atoms with Gasteiger partial charge in [-0.3, -0.25) is 14.5 Å². The minimum Gasteiger partial charge on any atom is -0.463 e. The largest absolute Gasteiger partial charge is 0.463 e. The molecule has 0 bridgehead atoms. The summed E-state index contributed by atoms with van der Waals surface area (Å²) in [5.41, 5.74) is 1.18. The molecular weight excluding hydrogens is 454 g/mol. The monoisotopic (exact) mass is 477 g/mol. The van der Waals surface area contributed by atoms with E-state index < -0.39 is 48.5 Å². The maximum Gasteiger partial charge on any atom is 0.338 e. The summed E-state index contributed by atoms with van der Waals surface area (Å²) in [6.07, 6.45) is 0. The van der Waals surface area contributed by atoms with Crippen molar-refractivity contribution in [2.75, 3.05) is 13.2 Å². The van der Waals surface area contributed by atoms with Crippen LogP contribution in [0, 0.1) is 0 Å². The molecule has 180 valence electrons. The number of nitrogens with one attached hydrogen (secondary N) is 2. The number of urea groups is 1. The van der Waals surface area contributed by atoms with E-state index in [9.17, 15) is 24.0 Å². The Hall–Kier alpha value is -4.47. The number of carbonyl (C=O) groups excluding carboxylic acids is 5. The van der Waals surface area contributed by atoms with Gasteiger partial charge in [-0.2, -0.15) is 0 Å². The Morgan fingerprint density at radius 2 is 1.54 bits per heavy atom. The third kappa shape index (κ3) is 4.50. The SMILES string of the molecule is CCOC(=O)C1=C(COC(=O)[C@@H](C)N2C(=O)c3ccccc3C2=O)NC(=O)N[C@@H]1c1ccccc1. The fourth-order valence-electron chi connectivity index (χ4n) is 4.01. The fourth-order valence-corrected chi connectivity index (χ4v) is 4.01. The van der Waals surface area contributed by atoms with Crippen LogP contribution < -0.4 is 10.6 Å². The topological polar surface area (TPSA) is 131 Å². The van der Waals surface area contributed by atoms with Gasteiger partial charge in [0, 0.05) is 0 Å². The van der Waals surface area contributed by atoms with Crippen molar-refractivity contribution in [3.8, 4) is 0 Å². The Morgan fingerprint density at radius 1 is 0.943 bits per heavy atom. The molecule has 2 aromatic carbocycles. The van der Waals surface area contributed by atoms with Crippen molar-refractivity contribution >= 4 is 29.8 Å². The van der Waals surface area contributed by atoms with Crippen LogP contribution in [0.25, 0.3) is 0 Å². The van der Waals surface area contributed by atoms with Crippen LogP contribution in [0.1, 0.15) is 46.2 Å². The molecule has 35 heavy (non-hydrogen) atoms. The van der Waals surface area contributed by atoms with Gasteiger partial charge in [0.05, 0.1) is 35.0 Å². The van der Waals surface area contributed by atoms with E-state index in [2.05, 4.69) is 10.6 Å². The zero-order valence-corrected chi connectivity index (χ0v) is 19.1. The average molecular weight is 477 g/mol. The molecular formula is C25H23N3O7. The van der Waals surface area contributed by atoms with Gasteiger partial charge in [-0.1, -0.05) is 42.5 Å². The molecule has 0 aliphatic carbocycles. The first-order valence-electron chi connectivity index (χ1n) is 11.0. The van der Waals surface area contributed by atoms with E-state index >= 15 is 0 Å². The summed E-state index contributed by atoms with van der Waals surface area (Å²) >= 11 is 0. The summed E-state index contributed by atoms with van der Waals surface area (Å²) in [6, 6.07) is 12.4. The first-order chi connectivity index (χ1) is 16.8. The van der Waals surface area contributed by atoms with Gasteiger partial charge in [-0.05, 0) is 31.5 Å². The Kier molecular flexibility index (Phi) is 6.63. The molecule has 2 atom stereocenters. The van der Waals surface area contributed by atoms with Crippen LogP contribution in [-0.2, 0) is 19.1 Å². The number of nitrogens with zero attached hydrogens (tertiary/aromatic N) is 1. The van der Waals surface area contributed by atoms with Gasteiger partial charge >= 0.3 is 18.0 Å². The van der Waals surface area contributed by atoms with E-state index in [4.69, 9.17) is 9.47 Å². The molecule has 2 aromatic rings. The van der Waals surface area contributed by atoms with Crippen molar-refractivity contribution < 1.29 is 33.4 Å². The molecule has 0 unspecified atom stereocenters. The number of hydrogen-bond donors (Lipinski definition) is 2. The zero-order chi connectivity index (χ0) is 25.1. The first-order valence-corrected chi connectivity index (χ1v) is 11.0. The van der Waals surface area contributed by atoms with Gasteiger partial charge in [0.1, 0.15) is 12.6 Å². The van der Waals surface area contributed by atoms with Crippen molar-refractivity contribution in [3.05, 3.63) is 82.6 Å². The number of imide groups is 1. The van der Waals surface area contributed by atoms with E-state index in [0.29, 0.717) is 5.56 Å². The van der Waals surface area contributed by atoms with Crippen LogP contribution in [0.4, 0.5) is 4.79 Å². The second-order valence-electron chi connectivity index (χ2n) is 7.86. The van der Waals surface area contributed by atoms with Gasteiger partial charge < -0.3 is 20.1 Å².